The zero-order chi connectivity index (χ0) is 11.7. The molecular weight excluding hydrogens is 323 g/mol. The summed E-state index contributed by atoms with van der Waals surface area (Å²) in [6.07, 6.45) is 3.68. The minimum Gasteiger partial charge on any atom is -0.183 e. The maximum Gasteiger partial charge on any atom is 0.399 e. The Morgan fingerprint density at radius 1 is 1.20 bits per heavy atom. The van der Waals surface area contributed by atoms with Gasteiger partial charge in [0, 0.05) is 0 Å². The highest BCUT2D eigenvalue weighted by atomic mass is 35.7. The van der Waals surface area contributed by atoms with E-state index in [1.54, 1.807) is 0 Å². The van der Waals surface area contributed by atoms with E-state index in [1.807, 2.05) is 12.5 Å². The normalized spacial score (nSPS) is 21.2. The second-order valence-electron chi connectivity index (χ2n) is 2.12. The van der Waals surface area contributed by atoms with Crippen molar-refractivity contribution in [3.05, 3.63) is 8.47 Å². The van der Waals surface area contributed by atoms with Crippen molar-refractivity contribution in [3.8, 4) is 0 Å². The zero-order valence-corrected chi connectivity index (χ0v) is 12.3. The molecule has 0 radical (unpaired) electrons. The highest BCUT2D eigenvalue weighted by Gasteiger charge is 2.52. The second kappa shape index (κ2) is 5.47. The Balaban J connectivity index is 2.71. The fourth-order valence-electron chi connectivity index (χ4n) is 0.720. The molecule has 0 aliphatic carbocycles. The first kappa shape index (κ1) is 14.6. The molecule has 0 fully saturated rings. The van der Waals surface area contributed by atoms with Crippen molar-refractivity contribution in [2.75, 3.05) is 12.5 Å². The van der Waals surface area contributed by atoms with Gasteiger partial charge in [0.25, 0.3) is 0 Å². The summed E-state index contributed by atoms with van der Waals surface area (Å²) in [5.74, 6) is 0. The van der Waals surface area contributed by atoms with E-state index in [0.717, 1.165) is 32.0 Å². The lowest BCUT2D eigenvalue weighted by atomic mass is 11.2. The van der Waals surface area contributed by atoms with Crippen molar-refractivity contribution in [3.63, 3.8) is 0 Å². The van der Waals surface area contributed by atoms with E-state index in [2.05, 4.69) is 4.29 Å². The summed E-state index contributed by atoms with van der Waals surface area (Å²) in [7, 11) is -4.52. The van der Waals surface area contributed by atoms with Crippen LogP contribution >= 0.6 is 58.6 Å². The predicted octanol–water partition coefficient (Wildman–Crippen LogP) is 0.0830. The number of thioether (sulfide) groups is 4. The molecule has 1 aliphatic rings. The highest BCUT2D eigenvalue weighted by molar-refractivity contribution is 8.38. The Morgan fingerprint density at radius 3 is 1.87 bits per heavy atom. The van der Waals surface area contributed by atoms with Crippen molar-refractivity contribution in [2.45, 2.75) is 3.72 Å². The van der Waals surface area contributed by atoms with E-state index in [1.165, 1.54) is 23.5 Å². The average Bonchev–Trinajstić information content (AvgIpc) is 2.38. The third-order valence-corrected chi connectivity index (χ3v) is 7.48. The fraction of sp³-hybridized carbons (Fsp3) is 0.600. The third kappa shape index (κ3) is 4.38. The van der Waals surface area contributed by atoms with E-state index in [9.17, 15) is 14.0 Å². The largest absolute Gasteiger partial charge is 0.399 e. The molecule has 4 nitrogen and oxygen atoms in total. The van der Waals surface area contributed by atoms with Crippen molar-refractivity contribution in [1.82, 2.24) is 0 Å². The van der Waals surface area contributed by atoms with Crippen LogP contribution in [-0.2, 0) is 4.29 Å². The number of hydrogen-bond donors (Lipinski definition) is 0. The maximum atomic E-state index is 10.4. The predicted molar refractivity (Wildman–Crippen MR) is 58.9 cm³/mol. The molecule has 10 heteroatoms. The molecule has 1 heterocycles. The molecule has 0 atom stereocenters. The Hall–Kier alpha value is 1.56. The Morgan fingerprint density at radius 2 is 1.60 bits per heavy atom. The monoisotopic (exact) mass is 328 g/mol. The van der Waals surface area contributed by atoms with Crippen molar-refractivity contribution >= 4 is 58.6 Å². The molecule has 0 N–H and O–H groups in total. The van der Waals surface area contributed by atoms with Gasteiger partial charge in [-0.15, -0.1) is 23.5 Å². The topological polar surface area (TPSA) is 78.4 Å². The van der Waals surface area contributed by atoms with Gasteiger partial charge in [0.05, 0.1) is 18.7 Å². The van der Waals surface area contributed by atoms with Crippen LogP contribution in [-0.4, -0.2) is 16.2 Å². The van der Waals surface area contributed by atoms with Crippen LogP contribution in [0.4, 0.5) is 0 Å². The number of halogens is 2. The Labute approximate surface area is 111 Å². The summed E-state index contributed by atoms with van der Waals surface area (Å²) in [4.78, 5) is 0. The second-order valence-corrected chi connectivity index (χ2v) is 8.80. The lowest BCUT2D eigenvalue weighted by molar-refractivity contribution is -1.92. The summed E-state index contributed by atoms with van der Waals surface area (Å²) < 4.78 is 35.7. The first-order valence-electron chi connectivity index (χ1n) is 3.30. The van der Waals surface area contributed by atoms with Gasteiger partial charge in [-0.2, -0.15) is 14.0 Å². The van der Waals surface area contributed by atoms with Crippen LogP contribution in [0, 0.1) is 10.2 Å². The van der Waals surface area contributed by atoms with Crippen LogP contribution in [0.5, 0.6) is 0 Å². The van der Waals surface area contributed by atoms with E-state index in [4.69, 9.17) is 11.6 Å². The highest BCUT2D eigenvalue weighted by Crippen LogP contribution is 2.62. The van der Waals surface area contributed by atoms with E-state index < -0.39 is 14.0 Å². The first-order chi connectivity index (χ1) is 6.79. The number of hydrogen-bond acceptors (Lipinski definition) is 8. The Kier molecular flexibility index (Phi) is 5.33. The molecule has 0 saturated carbocycles. The molecule has 1 aliphatic heterocycles. The van der Waals surface area contributed by atoms with E-state index in [-0.39, 0.29) is 0 Å². The molecule has 88 valence electrons. The van der Waals surface area contributed by atoms with Gasteiger partial charge in [-0.25, -0.2) is 0 Å². The average molecular weight is 329 g/mol. The summed E-state index contributed by atoms with van der Waals surface area (Å²) in [6.45, 7) is 0. The smallest absolute Gasteiger partial charge is 0.183 e. The summed E-state index contributed by atoms with van der Waals surface area (Å²) in [5, 5.41) is 0. The van der Waals surface area contributed by atoms with Crippen molar-refractivity contribution in [1.29, 1.82) is 0 Å². The van der Waals surface area contributed by atoms with E-state index in [0.29, 0.717) is 0 Å². The number of alkyl halides is 1. The van der Waals surface area contributed by atoms with Gasteiger partial charge >= 0.3 is 3.72 Å². The van der Waals surface area contributed by atoms with Crippen LogP contribution in [0.2, 0.25) is 0 Å². The van der Waals surface area contributed by atoms with Gasteiger partial charge in [0.1, 0.15) is 4.29 Å². The van der Waals surface area contributed by atoms with Gasteiger partial charge in [-0.1, -0.05) is 0 Å². The molecule has 0 aromatic carbocycles. The van der Waals surface area contributed by atoms with Crippen LogP contribution in [0.1, 0.15) is 0 Å². The SMILES string of the molecule is CSC1=C(SC)SC(Cl)(O[Cl+3]([O-])([O-])[O-])S1. The van der Waals surface area contributed by atoms with Gasteiger partial charge in [0.15, 0.2) is 0 Å². The molecular formula is C5H6Cl2O4S4. The summed E-state index contributed by atoms with van der Waals surface area (Å²) in [6, 6.07) is 0. The van der Waals surface area contributed by atoms with Gasteiger partial charge < -0.3 is 0 Å². The molecule has 0 aromatic rings. The molecule has 0 aromatic heterocycles. The third-order valence-electron chi connectivity index (χ3n) is 1.15. The molecule has 1 rings (SSSR count). The fourth-order valence-corrected chi connectivity index (χ4v) is 7.41. The molecule has 0 unspecified atom stereocenters. The Bertz CT molecular complexity index is 263. The lowest BCUT2D eigenvalue weighted by Crippen LogP contribution is -2.62. The summed E-state index contributed by atoms with van der Waals surface area (Å²) in [5.41, 5.74) is 0. The number of rotatable bonds is 4. The van der Waals surface area contributed by atoms with Crippen LogP contribution < -0.4 is 14.0 Å². The van der Waals surface area contributed by atoms with Crippen molar-refractivity contribution in [2.24, 2.45) is 0 Å². The minimum absolute atomic E-state index is 0.848. The molecule has 0 saturated heterocycles. The van der Waals surface area contributed by atoms with Crippen LogP contribution in [0.15, 0.2) is 8.47 Å². The van der Waals surface area contributed by atoms with Gasteiger partial charge in [0.2, 0.25) is 0 Å². The molecule has 0 spiro atoms. The first-order valence-corrected chi connectivity index (χ1v) is 9.00. The maximum absolute atomic E-state index is 10.4. The summed E-state index contributed by atoms with van der Waals surface area (Å²) >= 11 is 10.7. The standard InChI is InChI=1S/C5H6Cl2O4S4/c1-12-3-4(13-2)15-5(6,14-3)11-7(8,9)10/h1-2H3. The molecule has 0 bridgehead atoms. The lowest BCUT2D eigenvalue weighted by Gasteiger charge is -2.19. The van der Waals surface area contributed by atoms with Crippen molar-refractivity contribution < 1.29 is 28.5 Å². The quantitative estimate of drug-likeness (QED) is 0.671. The minimum atomic E-state index is -4.52. The molecule has 0 amide bonds. The van der Waals surface area contributed by atoms with Gasteiger partial charge in [-0.3, -0.25) is 0 Å². The van der Waals surface area contributed by atoms with Crippen LogP contribution in [0.3, 0.4) is 0 Å². The van der Waals surface area contributed by atoms with Crippen LogP contribution in [0.25, 0.3) is 0 Å². The van der Waals surface area contributed by atoms with E-state index >= 15 is 0 Å². The van der Waals surface area contributed by atoms with Gasteiger partial charge in [-0.05, 0) is 47.6 Å². The molecule has 15 heavy (non-hydrogen) atoms. The zero-order valence-electron chi connectivity index (χ0n) is 7.52.